The van der Waals surface area contributed by atoms with E-state index in [-0.39, 0.29) is 37.9 Å². The minimum absolute atomic E-state index is 0.0603. The fraction of sp³-hybridized carbons (Fsp3) is 0.571. The Bertz CT molecular complexity index is 264. The smallest absolute Gasteiger partial charge is 0.327 e. The van der Waals surface area contributed by atoms with Crippen molar-refractivity contribution < 1.29 is 19.2 Å². The second-order valence-corrected chi connectivity index (χ2v) is 3.02. The van der Waals surface area contributed by atoms with Crippen molar-refractivity contribution in [2.75, 3.05) is 19.6 Å². The Balaban J connectivity index is 2.29. The van der Waals surface area contributed by atoms with Gasteiger partial charge in [-0.05, 0) is 0 Å². The van der Waals surface area contributed by atoms with Gasteiger partial charge in [-0.2, -0.15) is 0 Å². The molecular weight excluding hydrogens is 204 g/mol. The Morgan fingerprint density at radius 3 is 2.60 bits per heavy atom. The van der Waals surface area contributed by atoms with Crippen LogP contribution in [0.25, 0.3) is 0 Å². The first-order valence-electron chi connectivity index (χ1n) is 4.32. The zero-order valence-electron chi connectivity index (χ0n) is 7.99. The third kappa shape index (κ3) is 4.02. The van der Waals surface area contributed by atoms with E-state index in [0.717, 1.165) is 0 Å². The van der Waals surface area contributed by atoms with Crippen LogP contribution in [0.15, 0.2) is 0 Å². The highest BCUT2D eigenvalue weighted by Crippen LogP contribution is 1.97. The topological polar surface area (TPSA) is 114 Å². The van der Waals surface area contributed by atoms with Crippen LogP contribution in [-0.2, 0) is 19.2 Å². The number of hydrazine groups is 1. The summed E-state index contributed by atoms with van der Waals surface area (Å²) in [4.78, 5) is 38.6. The van der Waals surface area contributed by atoms with E-state index in [1.807, 2.05) is 0 Å². The van der Waals surface area contributed by atoms with Crippen LogP contribution < -0.4 is 16.7 Å². The number of nitrogens with two attached hydrogens (primary N) is 1. The van der Waals surface area contributed by atoms with Crippen molar-refractivity contribution in [2.45, 2.75) is 6.42 Å². The molecule has 1 aliphatic heterocycles. The van der Waals surface area contributed by atoms with Crippen molar-refractivity contribution in [3.8, 4) is 0 Å². The minimum atomic E-state index is -0.545. The first kappa shape index (κ1) is 11.6. The summed E-state index contributed by atoms with van der Waals surface area (Å²) in [5.74, 6) is 3.48. The van der Waals surface area contributed by atoms with Gasteiger partial charge in [0.15, 0.2) is 0 Å². The van der Waals surface area contributed by atoms with Gasteiger partial charge >= 0.3 is 5.97 Å². The number of carbonyl (C=O) groups is 3. The zero-order chi connectivity index (χ0) is 11.3. The number of nitrogens with zero attached hydrogens (tertiary/aromatic N) is 1. The first-order chi connectivity index (χ1) is 7.11. The van der Waals surface area contributed by atoms with Crippen LogP contribution in [0.5, 0.6) is 0 Å². The second-order valence-electron chi connectivity index (χ2n) is 3.02. The molecule has 0 bridgehead atoms. The lowest BCUT2D eigenvalue weighted by Crippen LogP contribution is -2.51. The fourth-order valence-electron chi connectivity index (χ4n) is 1.22. The molecule has 0 radical (unpaired) electrons. The number of hydrogen-bond donors (Lipinski definition) is 3. The molecule has 0 saturated carbocycles. The lowest BCUT2D eigenvalue weighted by molar-refractivity contribution is -0.152. The molecule has 0 aromatic heterocycles. The van der Waals surface area contributed by atoms with Crippen molar-refractivity contribution in [3.63, 3.8) is 0 Å². The summed E-state index contributed by atoms with van der Waals surface area (Å²) in [6.07, 6.45) is 0.0603. The molecule has 84 valence electrons. The van der Waals surface area contributed by atoms with Gasteiger partial charge in [0.2, 0.25) is 11.8 Å². The van der Waals surface area contributed by atoms with Gasteiger partial charge in [-0.1, -0.05) is 5.59 Å². The fourth-order valence-corrected chi connectivity index (χ4v) is 1.22. The molecule has 0 aromatic carbocycles. The predicted molar refractivity (Wildman–Crippen MR) is 47.6 cm³/mol. The molecule has 0 aromatic rings. The zero-order valence-corrected chi connectivity index (χ0v) is 7.99. The number of hydrogen-bond acceptors (Lipinski definition) is 7. The molecule has 0 atom stereocenters. The van der Waals surface area contributed by atoms with Crippen LogP contribution >= 0.6 is 0 Å². The molecule has 8 heteroatoms. The minimum Gasteiger partial charge on any atom is -0.356 e. The van der Waals surface area contributed by atoms with Gasteiger partial charge < -0.3 is 4.84 Å². The normalized spacial score (nSPS) is 17.4. The van der Waals surface area contributed by atoms with Crippen LogP contribution in [0.3, 0.4) is 0 Å². The lowest BCUT2D eigenvalue weighted by atomic mass is 10.3. The Hall–Kier alpha value is -1.51. The molecule has 1 heterocycles. The molecule has 1 saturated heterocycles. The molecule has 1 aliphatic rings. The van der Waals surface area contributed by atoms with Crippen molar-refractivity contribution in [3.05, 3.63) is 0 Å². The summed E-state index contributed by atoms with van der Waals surface area (Å²) in [5, 5.41) is 2.15. The Kier molecular flexibility index (Phi) is 4.16. The summed E-state index contributed by atoms with van der Waals surface area (Å²) in [7, 11) is 0. The quantitative estimate of drug-likeness (QED) is 0.265. The molecule has 15 heavy (non-hydrogen) atoms. The summed E-state index contributed by atoms with van der Waals surface area (Å²) < 4.78 is 0. The van der Waals surface area contributed by atoms with Crippen LogP contribution in [-0.4, -0.2) is 42.3 Å². The highest BCUT2D eigenvalue weighted by atomic mass is 16.7. The molecule has 4 N–H and O–H groups in total. The van der Waals surface area contributed by atoms with Gasteiger partial charge in [0.05, 0.1) is 19.5 Å². The third-order valence-electron chi connectivity index (χ3n) is 1.82. The largest absolute Gasteiger partial charge is 0.356 e. The van der Waals surface area contributed by atoms with Crippen molar-refractivity contribution in [1.82, 2.24) is 15.8 Å². The first-order valence-corrected chi connectivity index (χ1v) is 4.32. The predicted octanol–water partition coefficient (Wildman–Crippen LogP) is -2.74. The molecule has 2 amide bonds. The molecule has 0 aliphatic carbocycles. The van der Waals surface area contributed by atoms with Gasteiger partial charge in [-0.15, -0.1) is 0 Å². The van der Waals surface area contributed by atoms with Gasteiger partial charge in [0.25, 0.3) is 0 Å². The Labute approximate surface area is 85.6 Å². The van der Waals surface area contributed by atoms with Gasteiger partial charge in [0.1, 0.15) is 0 Å². The number of carbonyl (C=O) groups excluding carboxylic acids is 3. The standard InChI is InChI=1S/C7H12N4O4/c8-10-15-7(14)1-2-11-3-5(12)9-6(13)4-11/h10H,1-4,8H2,(H,9,12,13). The van der Waals surface area contributed by atoms with Crippen LogP contribution in [0.2, 0.25) is 0 Å². The van der Waals surface area contributed by atoms with Crippen molar-refractivity contribution in [1.29, 1.82) is 0 Å². The van der Waals surface area contributed by atoms with E-state index >= 15 is 0 Å². The number of amides is 2. The summed E-state index contributed by atoms with van der Waals surface area (Å²) in [6, 6.07) is 0. The number of nitrogens with one attached hydrogen (secondary N) is 2. The second kappa shape index (κ2) is 5.39. The van der Waals surface area contributed by atoms with Gasteiger partial charge in [-0.3, -0.25) is 24.6 Å². The van der Waals surface area contributed by atoms with E-state index in [4.69, 9.17) is 5.84 Å². The number of piperazine rings is 1. The van der Waals surface area contributed by atoms with E-state index < -0.39 is 5.97 Å². The average Bonchev–Trinajstić information content (AvgIpc) is 2.14. The van der Waals surface area contributed by atoms with Crippen LogP contribution in [0, 0.1) is 0 Å². The van der Waals surface area contributed by atoms with Crippen LogP contribution in [0.4, 0.5) is 0 Å². The molecular formula is C7H12N4O4. The van der Waals surface area contributed by atoms with Crippen LogP contribution in [0.1, 0.15) is 6.42 Å². The van der Waals surface area contributed by atoms with Gasteiger partial charge in [0, 0.05) is 6.54 Å². The van der Waals surface area contributed by atoms with Gasteiger partial charge in [-0.25, -0.2) is 5.84 Å². The molecule has 0 unspecified atom stereocenters. The van der Waals surface area contributed by atoms with E-state index in [1.165, 1.54) is 0 Å². The molecule has 1 fully saturated rings. The highest BCUT2D eigenvalue weighted by Gasteiger charge is 2.22. The summed E-state index contributed by atoms with van der Waals surface area (Å²) in [6.45, 7) is 0.490. The SMILES string of the molecule is NNOC(=O)CCN1CC(=O)NC(=O)C1. The van der Waals surface area contributed by atoms with E-state index in [9.17, 15) is 14.4 Å². The average molecular weight is 216 g/mol. The monoisotopic (exact) mass is 216 g/mol. The lowest BCUT2D eigenvalue weighted by Gasteiger charge is -2.24. The summed E-state index contributed by atoms with van der Waals surface area (Å²) >= 11 is 0. The van der Waals surface area contributed by atoms with Crippen molar-refractivity contribution >= 4 is 17.8 Å². The number of imide groups is 1. The highest BCUT2D eigenvalue weighted by molar-refractivity contribution is 5.99. The Morgan fingerprint density at radius 1 is 1.47 bits per heavy atom. The molecule has 0 spiro atoms. The maximum absolute atomic E-state index is 10.9. The maximum Gasteiger partial charge on any atom is 0.327 e. The number of rotatable bonds is 4. The van der Waals surface area contributed by atoms with Crippen molar-refractivity contribution in [2.24, 2.45) is 5.84 Å². The van der Waals surface area contributed by atoms with E-state index in [1.54, 1.807) is 10.5 Å². The van der Waals surface area contributed by atoms with E-state index in [2.05, 4.69) is 10.2 Å². The van der Waals surface area contributed by atoms with E-state index in [0.29, 0.717) is 0 Å². The third-order valence-corrected chi connectivity index (χ3v) is 1.82. The maximum atomic E-state index is 10.9. The summed E-state index contributed by atoms with van der Waals surface area (Å²) in [5.41, 5.74) is 1.76. The Morgan fingerprint density at radius 2 is 2.07 bits per heavy atom. The molecule has 1 rings (SSSR count). The molecule has 8 nitrogen and oxygen atoms in total.